The fourth-order valence-electron chi connectivity index (χ4n) is 1.06. The second kappa shape index (κ2) is 5.54. The summed E-state index contributed by atoms with van der Waals surface area (Å²) in [5, 5.41) is 0.346. The number of hydrogen-bond donors (Lipinski definition) is 0. The molecule has 16 heavy (non-hydrogen) atoms. The molecule has 0 bridgehead atoms. The summed E-state index contributed by atoms with van der Waals surface area (Å²) < 4.78 is 29.6. The van der Waals surface area contributed by atoms with Gasteiger partial charge in [-0.25, -0.2) is 18.6 Å². The number of ether oxygens (including phenoxy) is 1. The van der Waals surface area contributed by atoms with Crippen LogP contribution in [0.1, 0.15) is 28.2 Å². The molecule has 1 rings (SSSR count). The summed E-state index contributed by atoms with van der Waals surface area (Å²) in [6.45, 7) is 0. The van der Waals surface area contributed by atoms with E-state index in [0.717, 1.165) is 13.2 Å². The van der Waals surface area contributed by atoms with Gasteiger partial charge in [0.15, 0.2) is 5.69 Å². The molecule has 0 spiro atoms. The van der Waals surface area contributed by atoms with E-state index in [0.29, 0.717) is 5.69 Å². The molecule has 3 nitrogen and oxygen atoms in total. The Kier molecular flexibility index (Phi) is 4.61. The van der Waals surface area contributed by atoms with Gasteiger partial charge in [-0.1, -0.05) is 27.5 Å². The van der Waals surface area contributed by atoms with Gasteiger partial charge in [-0.3, -0.25) is 0 Å². The van der Waals surface area contributed by atoms with E-state index in [1.807, 2.05) is 0 Å². The number of pyridine rings is 1. The molecule has 0 radical (unpaired) electrons. The fourth-order valence-corrected chi connectivity index (χ4v) is 1.88. The number of hydrogen-bond acceptors (Lipinski definition) is 3. The quantitative estimate of drug-likeness (QED) is 0.634. The molecule has 1 aromatic heterocycles. The van der Waals surface area contributed by atoms with E-state index in [9.17, 15) is 13.6 Å². The number of alkyl halides is 3. The second-order valence-corrected chi connectivity index (χ2v) is 3.75. The Labute approximate surface area is 104 Å². The van der Waals surface area contributed by atoms with Gasteiger partial charge in [0.1, 0.15) is 0 Å². The first-order valence-corrected chi connectivity index (χ1v) is 5.63. The Hall–Kier alpha value is -0.750. The molecule has 0 aromatic carbocycles. The molecule has 0 saturated heterocycles. The molecule has 0 saturated carbocycles. The summed E-state index contributed by atoms with van der Waals surface area (Å²) in [5.41, 5.74) is -0.621. The van der Waals surface area contributed by atoms with Crippen molar-refractivity contribution in [1.82, 2.24) is 4.98 Å². The molecule has 1 heterocycles. The van der Waals surface area contributed by atoms with Crippen molar-refractivity contribution in [2.45, 2.75) is 11.8 Å². The normalized spacial score (nSPS) is 10.6. The van der Waals surface area contributed by atoms with Gasteiger partial charge >= 0.3 is 5.97 Å². The molecular formula is C9H7BrClF2NO2. The maximum atomic E-state index is 12.6. The van der Waals surface area contributed by atoms with Gasteiger partial charge in [0.2, 0.25) is 0 Å². The maximum Gasteiger partial charge on any atom is 0.357 e. The van der Waals surface area contributed by atoms with Crippen LogP contribution in [-0.4, -0.2) is 18.1 Å². The first-order chi connectivity index (χ1) is 7.51. The van der Waals surface area contributed by atoms with Crippen LogP contribution in [0.5, 0.6) is 0 Å². The summed E-state index contributed by atoms with van der Waals surface area (Å²) in [6.07, 6.45) is -2.83. The minimum atomic E-state index is -2.83. The third-order valence-electron chi connectivity index (χ3n) is 1.82. The second-order valence-electron chi connectivity index (χ2n) is 2.78. The van der Waals surface area contributed by atoms with Crippen LogP contribution in [0.15, 0.2) is 6.07 Å². The summed E-state index contributed by atoms with van der Waals surface area (Å²) in [7, 11) is 1.10. The van der Waals surface area contributed by atoms with Crippen LogP contribution in [-0.2, 0) is 10.1 Å². The Morgan fingerprint density at radius 1 is 1.69 bits per heavy atom. The molecule has 1 aromatic rings. The standard InChI is InChI=1S/C9H7BrClF2NO2/c1-16-9(15)7-4(8(12)13)2-5(11)6(3-10)14-7/h2,8H,3H2,1H3. The molecule has 0 N–H and O–H groups in total. The van der Waals surface area contributed by atoms with Crippen molar-refractivity contribution in [3.05, 3.63) is 28.0 Å². The van der Waals surface area contributed by atoms with Crippen LogP contribution in [0.3, 0.4) is 0 Å². The number of nitrogens with zero attached hydrogens (tertiary/aromatic N) is 1. The Balaban J connectivity index is 3.36. The number of halogens is 4. The van der Waals surface area contributed by atoms with Crippen molar-refractivity contribution in [2.24, 2.45) is 0 Å². The van der Waals surface area contributed by atoms with E-state index in [1.54, 1.807) is 0 Å². The lowest BCUT2D eigenvalue weighted by molar-refractivity contribution is 0.0581. The summed E-state index contributed by atoms with van der Waals surface area (Å²) in [6, 6.07) is 1.03. The average molecular weight is 315 g/mol. The van der Waals surface area contributed by atoms with Crippen molar-refractivity contribution in [3.63, 3.8) is 0 Å². The van der Waals surface area contributed by atoms with E-state index in [1.165, 1.54) is 0 Å². The average Bonchev–Trinajstić information content (AvgIpc) is 2.27. The monoisotopic (exact) mass is 313 g/mol. The smallest absolute Gasteiger partial charge is 0.357 e. The number of esters is 1. The van der Waals surface area contributed by atoms with E-state index in [2.05, 4.69) is 25.7 Å². The Bertz CT molecular complexity index is 415. The van der Waals surface area contributed by atoms with E-state index in [4.69, 9.17) is 11.6 Å². The fraction of sp³-hybridized carbons (Fsp3) is 0.333. The predicted octanol–water partition coefficient (Wildman–Crippen LogP) is 3.35. The SMILES string of the molecule is COC(=O)c1nc(CBr)c(Cl)cc1C(F)F. The summed E-state index contributed by atoms with van der Waals surface area (Å²) >= 11 is 8.80. The molecule has 7 heteroatoms. The number of rotatable bonds is 3. The summed E-state index contributed by atoms with van der Waals surface area (Å²) in [5.74, 6) is -0.908. The minimum absolute atomic E-state index is 0.0832. The minimum Gasteiger partial charge on any atom is -0.464 e. The maximum absolute atomic E-state index is 12.6. The third kappa shape index (κ3) is 2.68. The van der Waals surface area contributed by atoms with Crippen LogP contribution in [0, 0.1) is 0 Å². The molecule has 88 valence electrons. The van der Waals surface area contributed by atoms with Crippen LogP contribution in [0.2, 0.25) is 5.02 Å². The highest BCUT2D eigenvalue weighted by molar-refractivity contribution is 9.08. The first-order valence-electron chi connectivity index (χ1n) is 4.13. The Morgan fingerprint density at radius 2 is 2.31 bits per heavy atom. The highest BCUT2D eigenvalue weighted by atomic mass is 79.9. The van der Waals surface area contributed by atoms with Crippen molar-refractivity contribution in [2.75, 3.05) is 7.11 Å². The molecular weight excluding hydrogens is 307 g/mol. The van der Waals surface area contributed by atoms with Gasteiger partial charge in [0.05, 0.1) is 23.4 Å². The molecule has 0 aliphatic heterocycles. The topological polar surface area (TPSA) is 39.2 Å². The van der Waals surface area contributed by atoms with Crippen molar-refractivity contribution >= 4 is 33.5 Å². The molecule has 0 unspecified atom stereocenters. The molecule has 0 amide bonds. The zero-order chi connectivity index (χ0) is 12.3. The van der Waals surface area contributed by atoms with Crippen LogP contribution in [0.25, 0.3) is 0 Å². The lowest BCUT2D eigenvalue weighted by Gasteiger charge is -2.09. The van der Waals surface area contributed by atoms with Crippen LogP contribution < -0.4 is 0 Å². The highest BCUT2D eigenvalue weighted by Crippen LogP contribution is 2.28. The van der Waals surface area contributed by atoms with Gasteiger partial charge < -0.3 is 4.74 Å². The van der Waals surface area contributed by atoms with Gasteiger partial charge in [-0.15, -0.1) is 0 Å². The number of aromatic nitrogens is 1. The first kappa shape index (κ1) is 13.3. The molecule has 0 aliphatic carbocycles. The lowest BCUT2D eigenvalue weighted by atomic mass is 10.2. The lowest BCUT2D eigenvalue weighted by Crippen LogP contribution is -2.11. The van der Waals surface area contributed by atoms with Gasteiger partial charge in [0, 0.05) is 5.33 Å². The number of methoxy groups -OCH3 is 1. The van der Waals surface area contributed by atoms with Crippen molar-refractivity contribution in [1.29, 1.82) is 0 Å². The highest BCUT2D eigenvalue weighted by Gasteiger charge is 2.22. The van der Waals surface area contributed by atoms with Gasteiger partial charge in [-0.2, -0.15) is 0 Å². The Morgan fingerprint density at radius 3 is 2.75 bits per heavy atom. The van der Waals surface area contributed by atoms with Crippen LogP contribution >= 0.6 is 27.5 Å². The van der Waals surface area contributed by atoms with E-state index in [-0.39, 0.29) is 10.4 Å². The van der Waals surface area contributed by atoms with Gasteiger partial charge in [-0.05, 0) is 6.07 Å². The van der Waals surface area contributed by atoms with Crippen molar-refractivity contribution < 1.29 is 18.3 Å². The largest absolute Gasteiger partial charge is 0.464 e. The molecule has 0 aliphatic rings. The van der Waals surface area contributed by atoms with Crippen LogP contribution in [0.4, 0.5) is 8.78 Å². The predicted molar refractivity (Wildman–Crippen MR) is 58.2 cm³/mol. The number of carbonyl (C=O) groups is 1. The molecule has 0 fully saturated rings. The van der Waals surface area contributed by atoms with Gasteiger partial charge in [0.25, 0.3) is 6.43 Å². The molecule has 0 atom stereocenters. The van der Waals surface area contributed by atoms with Crippen molar-refractivity contribution in [3.8, 4) is 0 Å². The zero-order valence-corrected chi connectivity index (χ0v) is 10.5. The third-order valence-corrected chi connectivity index (χ3v) is 2.68. The zero-order valence-electron chi connectivity index (χ0n) is 8.14. The van der Waals surface area contributed by atoms with E-state index < -0.39 is 23.7 Å². The number of carbonyl (C=O) groups excluding carboxylic acids is 1. The summed E-state index contributed by atoms with van der Waals surface area (Å²) in [4.78, 5) is 15.0. The van der Waals surface area contributed by atoms with E-state index >= 15 is 0 Å².